The van der Waals surface area contributed by atoms with Crippen LogP contribution in [0.3, 0.4) is 0 Å². The third kappa shape index (κ3) is 4.68. The maximum absolute atomic E-state index is 14.3. The van der Waals surface area contributed by atoms with E-state index in [2.05, 4.69) is 20.6 Å². The summed E-state index contributed by atoms with van der Waals surface area (Å²) in [5, 5.41) is 6.50. The molecule has 130 valence electrons. The van der Waals surface area contributed by atoms with Gasteiger partial charge in [-0.1, -0.05) is 6.07 Å². The van der Waals surface area contributed by atoms with E-state index in [1.807, 2.05) is 13.0 Å². The van der Waals surface area contributed by atoms with Crippen molar-refractivity contribution in [1.82, 2.24) is 20.2 Å². The van der Waals surface area contributed by atoms with E-state index in [0.717, 1.165) is 29.8 Å². The van der Waals surface area contributed by atoms with Crippen molar-refractivity contribution in [3.8, 4) is 5.69 Å². The van der Waals surface area contributed by atoms with E-state index >= 15 is 0 Å². The fraction of sp³-hybridized carbons (Fsp3) is 0.412. The lowest BCUT2D eigenvalue weighted by Gasteiger charge is -2.13. The first-order valence-electron chi connectivity index (χ1n) is 7.90. The summed E-state index contributed by atoms with van der Waals surface area (Å²) in [7, 11) is 1.74. The average molecular weight is 443 g/mol. The van der Waals surface area contributed by atoms with E-state index in [4.69, 9.17) is 0 Å². The molecule has 0 radical (unpaired) electrons. The van der Waals surface area contributed by atoms with Gasteiger partial charge in [-0.15, -0.1) is 24.0 Å². The van der Waals surface area contributed by atoms with Crippen LogP contribution in [-0.2, 0) is 6.54 Å². The van der Waals surface area contributed by atoms with Crippen LogP contribution in [0.15, 0.2) is 35.6 Å². The first-order chi connectivity index (χ1) is 11.2. The monoisotopic (exact) mass is 443 g/mol. The van der Waals surface area contributed by atoms with Gasteiger partial charge >= 0.3 is 0 Å². The minimum absolute atomic E-state index is 0. The summed E-state index contributed by atoms with van der Waals surface area (Å²) in [6.07, 6.45) is 6.02. The minimum atomic E-state index is -0.258. The number of hydrogen-bond donors (Lipinski definition) is 2. The molecule has 3 rings (SSSR count). The Morgan fingerprint density at radius 1 is 1.38 bits per heavy atom. The number of aromatic nitrogens is 2. The first kappa shape index (κ1) is 18.7. The summed E-state index contributed by atoms with van der Waals surface area (Å²) in [5.41, 5.74) is 1.39. The molecule has 1 saturated carbocycles. The minimum Gasteiger partial charge on any atom is -0.356 e. The van der Waals surface area contributed by atoms with Crippen molar-refractivity contribution in [2.45, 2.75) is 26.3 Å². The van der Waals surface area contributed by atoms with E-state index in [1.54, 1.807) is 36.1 Å². The average Bonchev–Trinajstić information content (AvgIpc) is 3.28. The second-order valence-corrected chi connectivity index (χ2v) is 5.88. The van der Waals surface area contributed by atoms with Crippen molar-refractivity contribution in [3.63, 3.8) is 0 Å². The molecule has 24 heavy (non-hydrogen) atoms. The molecule has 1 aliphatic rings. The number of nitrogens with zero attached hydrogens (tertiary/aromatic N) is 3. The zero-order valence-electron chi connectivity index (χ0n) is 13.9. The predicted molar refractivity (Wildman–Crippen MR) is 105 cm³/mol. The molecule has 1 fully saturated rings. The molecule has 0 bridgehead atoms. The van der Waals surface area contributed by atoms with Gasteiger partial charge in [0.15, 0.2) is 5.96 Å². The molecule has 2 aromatic rings. The molecule has 0 spiro atoms. The van der Waals surface area contributed by atoms with Gasteiger partial charge in [0, 0.05) is 32.5 Å². The second-order valence-electron chi connectivity index (χ2n) is 5.88. The van der Waals surface area contributed by atoms with Crippen molar-refractivity contribution in [2.75, 3.05) is 13.6 Å². The normalized spacial score (nSPS) is 14.2. The maximum Gasteiger partial charge on any atom is 0.191 e. The third-order valence-electron chi connectivity index (χ3n) is 4.04. The van der Waals surface area contributed by atoms with Crippen LogP contribution in [0, 0.1) is 18.7 Å². The van der Waals surface area contributed by atoms with Crippen LogP contribution in [0.5, 0.6) is 0 Å². The molecule has 0 atom stereocenters. The highest BCUT2D eigenvalue weighted by Gasteiger charge is 2.21. The quantitative estimate of drug-likeness (QED) is 0.425. The Balaban J connectivity index is 0.00000208. The molecule has 0 saturated heterocycles. The Labute approximate surface area is 158 Å². The summed E-state index contributed by atoms with van der Waals surface area (Å²) in [5.74, 6) is 2.04. The van der Waals surface area contributed by atoms with Crippen LogP contribution in [0.2, 0.25) is 0 Å². The number of aliphatic imine (C=N–C) groups is 1. The van der Waals surface area contributed by atoms with Crippen LogP contribution in [0.4, 0.5) is 4.39 Å². The van der Waals surface area contributed by atoms with E-state index in [0.29, 0.717) is 12.2 Å². The van der Waals surface area contributed by atoms with Crippen molar-refractivity contribution in [1.29, 1.82) is 0 Å². The standard InChI is InChI=1S/C17H22FN5.HI/c1-12-20-7-8-23(12)16-6-5-14(9-15(16)18)11-22-17(19-2)21-10-13-3-4-13;/h5-9,13H,3-4,10-11H2,1-2H3,(H2,19,21,22);1H. The number of hydrogen-bond acceptors (Lipinski definition) is 2. The van der Waals surface area contributed by atoms with E-state index in [1.165, 1.54) is 12.8 Å². The summed E-state index contributed by atoms with van der Waals surface area (Å²) < 4.78 is 16.1. The Hall–Kier alpha value is -1.64. The highest BCUT2D eigenvalue weighted by atomic mass is 127. The van der Waals surface area contributed by atoms with Crippen molar-refractivity contribution < 1.29 is 4.39 Å². The third-order valence-corrected chi connectivity index (χ3v) is 4.04. The molecule has 1 heterocycles. The van der Waals surface area contributed by atoms with E-state index < -0.39 is 0 Å². The zero-order valence-corrected chi connectivity index (χ0v) is 16.3. The zero-order chi connectivity index (χ0) is 16.2. The Bertz CT molecular complexity index is 709. The molecule has 1 aliphatic carbocycles. The molecular formula is C17H23FIN5. The van der Waals surface area contributed by atoms with Gasteiger partial charge < -0.3 is 15.2 Å². The molecule has 0 unspecified atom stereocenters. The highest BCUT2D eigenvalue weighted by molar-refractivity contribution is 14.0. The molecule has 2 N–H and O–H groups in total. The fourth-order valence-electron chi connectivity index (χ4n) is 2.46. The fourth-order valence-corrected chi connectivity index (χ4v) is 2.46. The Kier molecular flexibility index (Phi) is 6.59. The van der Waals surface area contributed by atoms with Gasteiger partial charge in [0.25, 0.3) is 0 Å². The van der Waals surface area contributed by atoms with Crippen molar-refractivity contribution in [2.24, 2.45) is 10.9 Å². The molecule has 7 heteroatoms. The van der Waals surface area contributed by atoms with E-state index in [-0.39, 0.29) is 29.8 Å². The van der Waals surface area contributed by atoms with Crippen LogP contribution >= 0.6 is 24.0 Å². The highest BCUT2D eigenvalue weighted by Crippen LogP contribution is 2.27. The second kappa shape index (κ2) is 8.46. The van der Waals surface area contributed by atoms with Crippen LogP contribution in [0.25, 0.3) is 5.69 Å². The van der Waals surface area contributed by atoms with Crippen LogP contribution < -0.4 is 10.6 Å². The number of guanidine groups is 1. The number of aryl methyl sites for hydroxylation is 1. The predicted octanol–water partition coefficient (Wildman–Crippen LogP) is 3.01. The molecule has 5 nitrogen and oxygen atoms in total. The number of benzene rings is 1. The van der Waals surface area contributed by atoms with Gasteiger partial charge in [0.05, 0.1) is 5.69 Å². The van der Waals surface area contributed by atoms with E-state index in [9.17, 15) is 4.39 Å². The van der Waals surface area contributed by atoms with Gasteiger partial charge in [-0.2, -0.15) is 0 Å². The first-order valence-corrected chi connectivity index (χ1v) is 7.90. The van der Waals surface area contributed by atoms with Gasteiger partial charge in [-0.05, 0) is 43.4 Å². The lowest BCUT2D eigenvalue weighted by atomic mass is 10.2. The van der Waals surface area contributed by atoms with Crippen molar-refractivity contribution in [3.05, 3.63) is 47.8 Å². The Morgan fingerprint density at radius 3 is 2.75 bits per heavy atom. The number of nitrogens with one attached hydrogen (secondary N) is 2. The van der Waals surface area contributed by atoms with Gasteiger partial charge in [0.1, 0.15) is 11.6 Å². The lowest BCUT2D eigenvalue weighted by molar-refractivity contribution is 0.613. The summed E-state index contributed by atoms with van der Waals surface area (Å²) in [4.78, 5) is 8.31. The topological polar surface area (TPSA) is 54.2 Å². The van der Waals surface area contributed by atoms with Crippen molar-refractivity contribution >= 4 is 29.9 Å². The summed E-state index contributed by atoms with van der Waals surface area (Å²) in [6.45, 7) is 3.34. The Morgan fingerprint density at radius 2 is 2.17 bits per heavy atom. The molecule has 0 amide bonds. The van der Waals surface area contributed by atoms with Gasteiger partial charge in [0.2, 0.25) is 0 Å². The number of imidazole rings is 1. The molecular weight excluding hydrogens is 420 g/mol. The lowest BCUT2D eigenvalue weighted by Crippen LogP contribution is -2.37. The van der Waals surface area contributed by atoms with Gasteiger partial charge in [-0.3, -0.25) is 4.99 Å². The molecule has 1 aromatic heterocycles. The largest absolute Gasteiger partial charge is 0.356 e. The molecule has 0 aliphatic heterocycles. The SMILES string of the molecule is CN=C(NCc1ccc(-n2ccnc2C)c(F)c1)NCC1CC1.I. The van der Waals surface area contributed by atoms with Gasteiger partial charge in [-0.25, -0.2) is 9.37 Å². The maximum atomic E-state index is 14.3. The summed E-state index contributed by atoms with van der Waals surface area (Å²) >= 11 is 0. The number of halogens is 2. The molecule has 1 aromatic carbocycles. The smallest absolute Gasteiger partial charge is 0.191 e. The van der Waals surface area contributed by atoms with Crippen LogP contribution in [0.1, 0.15) is 24.2 Å². The van der Waals surface area contributed by atoms with Crippen LogP contribution in [-0.4, -0.2) is 29.1 Å². The number of rotatable bonds is 5. The summed E-state index contributed by atoms with van der Waals surface area (Å²) in [6, 6.07) is 5.25.